The standard InChI is InChI=1S/C45H45NOSi/c1-28-16-29(2)20-37(19-28)48(38-21-30(3)17-31(4)22-38,39-23-32(5)18-33(6)24-39)42-27-35-14-15-46-43(44(35)47-42)36-25-34-12-10-11-13-40(34)41(26-36)45(7,8)9/h10-27H,1-9H3. The first-order chi connectivity index (χ1) is 22.8. The molecule has 0 saturated heterocycles. The molecular formula is C45H45NOSi. The predicted octanol–water partition coefficient (Wildman–Crippen LogP) is 9.17. The van der Waals surface area contributed by atoms with Gasteiger partial charge in [-0.1, -0.05) is 133 Å². The Hall–Kier alpha value is -4.73. The smallest absolute Gasteiger partial charge is 0.223 e. The lowest BCUT2D eigenvalue weighted by molar-refractivity contribution is 0.596. The van der Waals surface area contributed by atoms with Crippen molar-refractivity contribution in [3.63, 3.8) is 0 Å². The Morgan fingerprint density at radius 1 is 0.542 bits per heavy atom. The molecule has 0 bridgehead atoms. The Morgan fingerprint density at radius 2 is 1.04 bits per heavy atom. The van der Waals surface area contributed by atoms with Gasteiger partial charge in [-0.3, -0.25) is 4.98 Å². The van der Waals surface area contributed by atoms with E-state index >= 15 is 0 Å². The van der Waals surface area contributed by atoms with Crippen LogP contribution in [0.5, 0.6) is 0 Å². The first kappa shape index (κ1) is 31.8. The van der Waals surface area contributed by atoms with E-state index in [0.29, 0.717) is 0 Å². The molecule has 5 aromatic carbocycles. The normalized spacial score (nSPS) is 12.3. The van der Waals surface area contributed by atoms with Crippen LogP contribution in [0.4, 0.5) is 0 Å². The van der Waals surface area contributed by atoms with Crippen LogP contribution >= 0.6 is 0 Å². The van der Waals surface area contributed by atoms with Crippen molar-refractivity contribution in [3.05, 3.63) is 148 Å². The van der Waals surface area contributed by atoms with E-state index in [1.807, 2.05) is 6.20 Å². The van der Waals surface area contributed by atoms with Gasteiger partial charge in [0.25, 0.3) is 0 Å². The summed E-state index contributed by atoms with van der Waals surface area (Å²) >= 11 is 0. The van der Waals surface area contributed by atoms with Crippen LogP contribution in [0, 0.1) is 41.5 Å². The second-order valence-electron chi connectivity index (χ2n) is 15.1. The number of hydrogen-bond donors (Lipinski definition) is 0. The van der Waals surface area contributed by atoms with E-state index < -0.39 is 8.07 Å². The topological polar surface area (TPSA) is 26.0 Å². The first-order valence-corrected chi connectivity index (χ1v) is 19.0. The zero-order valence-electron chi connectivity index (χ0n) is 29.7. The Balaban J connectivity index is 1.60. The summed E-state index contributed by atoms with van der Waals surface area (Å²) in [6, 6.07) is 39.0. The van der Waals surface area contributed by atoms with Gasteiger partial charge in [-0.05, 0) is 103 Å². The molecule has 0 spiro atoms. The minimum atomic E-state index is -2.97. The van der Waals surface area contributed by atoms with Gasteiger partial charge in [0.05, 0.1) is 5.38 Å². The van der Waals surface area contributed by atoms with Crippen LogP contribution in [0.3, 0.4) is 0 Å². The lowest BCUT2D eigenvalue weighted by atomic mass is 9.82. The third-order valence-corrected chi connectivity index (χ3v) is 14.2. The summed E-state index contributed by atoms with van der Waals surface area (Å²) in [6.07, 6.45) is 1.94. The van der Waals surface area contributed by atoms with Crippen LogP contribution in [0.25, 0.3) is 33.0 Å². The first-order valence-electron chi connectivity index (χ1n) is 17.0. The zero-order valence-corrected chi connectivity index (χ0v) is 30.7. The van der Waals surface area contributed by atoms with Crippen LogP contribution < -0.4 is 20.9 Å². The van der Waals surface area contributed by atoms with Crippen molar-refractivity contribution in [1.29, 1.82) is 0 Å². The second-order valence-corrected chi connectivity index (χ2v) is 18.8. The number of hydrogen-bond acceptors (Lipinski definition) is 2. The van der Waals surface area contributed by atoms with Crippen LogP contribution in [0.15, 0.2) is 114 Å². The van der Waals surface area contributed by atoms with E-state index in [0.717, 1.165) is 27.6 Å². The van der Waals surface area contributed by atoms with Crippen molar-refractivity contribution < 1.29 is 4.42 Å². The third-order valence-electron chi connectivity index (χ3n) is 9.71. The lowest BCUT2D eigenvalue weighted by Gasteiger charge is -2.33. The average Bonchev–Trinajstić information content (AvgIpc) is 3.44. The maximum Gasteiger partial charge on any atom is 0.223 e. The molecule has 48 heavy (non-hydrogen) atoms. The van der Waals surface area contributed by atoms with Gasteiger partial charge in [-0.15, -0.1) is 0 Å². The van der Waals surface area contributed by atoms with Crippen LogP contribution in [-0.4, -0.2) is 13.1 Å². The monoisotopic (exact) mass is 643 g/mol. The average molecular weight is 644 g/mol. The van der Waals surface area contributed by atoms with Crippen molar-refractivity contribution in [1.82, 2.24) is 4.98 Å². The number of aromatic nitrogens is 1. The van der Waals surface area contributed by atoms with Gasteiger partial charge in [0.15, 0.2) is 5.58 Å². The maximum atomic E-state index is 7.36. The quantitative estimate of drug-likeness (QED) is 0.138. The highest BCUT2D eigenvalue weighted by atomic mass is 28.3. The highest BCUT2D eigenvalue weighted by Crippen LogP contribution is 2.36. The summed E-state index contributed by atoms with van der Waals surface area (Å²) < 4.78 is 7.36. The molecule has 7 aromatic rings. The highest BCUT2D eigenvalue weighted by Gasteiger charge is 2.46. The van der Waals surface area contributed by atoms with Gasteiger partial charge in [-0.25, -0.2) is 0 Å². The molecule has 0 radical (unpaired) electrons. The Bertz CT molecular complexity index is 2170. The molecule has 0 aliphatic rings. The molecule has 0 amide bonds. The van der Waals surface area contributed by atoms with Crippen molar-refractivity contribution in [2.75, 3.05) is 0 Å². The number of aryl methyl sites for hydroxylation is 6. The fourth-order valence-electron chi connectivity index (χ4n) is 7.92. The molecule has 0 unspecified atom stereocenters. The summed E-state index contributed by atoms with van der Waals surface area (Å²) in [5.74, 6) is 0. The minimum absolute atomic E-state index is 0.0327. The molecule has 2 heterocycles. The Morgan fingerprint density at radius 3 is 1.54 bits per heavy atom. The molecule has 0 saturated carbocycles. The lowest BCUT2D eigenvalue weighted by Crippen LogP contribution is -2.74. The van der Waals surface area contributed by atoms with E-state index in [9.17, 15) is 0 Å². The molecule has 0 N–H and O–H groups in total. The molecule has 0 fully saturated rings. The molecule has 240 valence electrons. The molecule has 0 aliphatic carbocycles. The molecule has 0 aliphatic heterocycles. The van der Waals surface area contributed by atoms with Gasteiger partial charge >= 0.3 is 0 Å². The zero-order chi connectivity index (χ0) is 34.0. The summed E-state index contributed by atoms with van der Waals surface area (Å²) in [4.78, 5) is 5.03. The van der Waals surface area contributed by atoms with Gasteiger partial charge < -0.3 is 4.42 Å². The van der Waals surface area contributed by atoms with Gasteiger partial charge in [-0.2, -0.15) is 0 Å². The van der Waals surface area contributed by atoms with Crippen LogP contribution in [0.2, 0.25) is 0 Å². The van der Waals surface area contributed by atoms with Crippen molar-refractivity contribution in [2.45, 2.75) is 67.7 Å². The SMILES string of the molecule is Cc1cc(C)cc([Si](c2cc(C)cc(C)c2)(c2cc(C)cc(C)c2)c2cc3ccnc(-c4cc(C(C)(C)C)c5ccccc5c4)c3o2)c1. The molecule has 2 aromatic heterocycles. The van der Waals surface area contributed by atoms with E-state index in [1.54, 1.807) is 0 Å². The van der Waals surface area contributed by atoms with Gasteiger partial charge in [0.2, 0.25) is 8.07 Å². The van der Waals surface area contributed by atoms with E-state index in [4.69, 9.17) is 9.40 Å². The van der Waals surface area contributed by atoms with E-state index in [-0.39, 0.29) is 5.41 Å². The number of nitrogens with zero attached hydrogens (tertiary/aromatic N) is 1. The van der Waals surface area contributed by atoms with E-state index in [1.165, 1.54) is 65.3 Å². The summed E-state index contributed by atoms with van der Waals surface area (Å²) in [6.45, 7) is 20.1. The largest absolute Gasteiger partial charge is 0.463 e. The minimum Gasteiger partial charge on any atom is -0.463 e. The predicted molar refractivity (Wildman–Crippen MR) is 208 cm³/mol. The van der Waals surface area contributed by atoms with Crippen LogP contribution in [-0.2, 0) is 5.41 Å². The molecule has 7 rings (SSSR count). The molecule has 2 nitrogen and oxygen atoms in total. The highest BCUT2D eigenvalue weighted by molar-refractivity contribution is 7.19. The number of furan rings is 1. The number of benzene rings is 5. The Labute approximate surface area is 286 Å². The van der Waals surface area contributed by atoms with Gasteiger partial charge in [0, 0.05) is 17.1 Å². The maximum absolute atomic E-state index is 7.36. The van der Waals surface area contributed by atoms with Crippen LogP contribution in [0.1, 0.15) is 59.7 Å². The fourth-order valence-corrected chi connectivity index (χ4v) is 13.1. The molecular weight excluding hydrogens is 599 g/mol. The fraction of sp³-hybridized carbons (Fsp3) is 0.222. The Kier molecular flexibility index (Phi) is 7.80. The summed E-state index contributed by atoms with van der Waals surface area (Å²) in [7, 11) is -2.97. The van der Waals surface area contributed by atoms with Crippen molar-refractivity contribution in [3.8, 4) is 11.3 Å². The molecule has 0 atom stereocenters. The van der Waals surface area contributed by atoms with Gasteiger partial charge in [0.1, 0.15) is 5.69 Å². The summed E-state index contributed by atoms with van der Waals surface area (Å²) in [5.41, 5.74) is 11.7. The number of fused-ring (bicyclic) bond motifs is 2. The van der Waals surface area contributed by atoms with E-state index in [2.05, 4.69) is 165 Å². The number of pyridine rings is 1. The van der Waals surface area contributed by atoms with Crippen molar-refractivity contribution >= 4 is 50.8 Å². The van der Waals surface area contributed by atoms with Crippen molar-refractivity contribution in [2.24, 2.45) is 0 Å². The second kappa shape index (κ2) is 11.8. The summed E-state index contributed by atoms with van der Waals surface area (Å²) in [5, 5.41) is 8.62. The molecule has 3 heteroatoms. The third kappa shape index (κ3) is 5.50. The number of rotatable bonds is 5.